The van der Waals surface area contributed by atoms with Crippen LogP contribution in [0.25, 0.3) is 0 Å². The molecule has 0 amide bonds. The van der Waals surface area contributed by atoms with Crippen molar-refractivity contribution < 1.29 is 0 Å². The molecular formula is C13H24N2S. The fourth-order valence-corrected chi connectivity index (χ4v) is 3.65. The third-order valence-corrected chi connectivity index (χ3v) is 5.47. The van der Waals surface area contributed by atoms with Crippen molar-refractivity contribution in [1.82, 2.24) is 5.32 Å². The van der Waals surface area contributed by atoms with Crippen LogP contribution in [-0.2, 0) is 0 Å². The van der Waals surface area contributed by atoms with Crippen molar-refractivity contribution in [3.63, 3.8) is 0 Å². The third kappa shape index (κ3) is 2.73. The fraction of sp³-hybridized carbons (Fsp3) is 0.923. The maximum atomic E-state index is 4.61. The van der Waals surface area contributed by atoms with Crippen LogP contribution >= 0.6 is 11.8 Å². The molecule has 0 radical (unpaired) electrons. The highest BCUT2D eigenvalue weighted by Gasteiger charge is 2.29. The van der Waals surface area contributed by atoms with Crippen molar-refractivity contribution in [2.45, 2.75) is 57.7 Å². The number of thioether (sulfide) groups is 1. The Bertz CT molecular complexity index is 265. The molecule has 1 aliphatic carbocycles. The highest BCUT2D eigenvalue weighted by molar-refractivity contribution is 8.14. The summed E-state index contributed by atoms with van der Waals surface area (Å²) in [6, 6.07) is 0.658. The second kappa shape index (κ2) is 5.44. The van der Waals surface area contributed by atoms with Gasteiger partial charge in [0, 0.05) is 11.3 Å². The summed E-state index contributed by atoms with van der Waals surface area (Å²) in [5.41, 5.74) is 0. The summed E-state index contributed by atoms with van der Waals surface area (Å²) in [6.07, 6.45) is 5.33. The van der Waals surface area contributed by atoms with Gasteiger partial charge in [0.15, 0.2) is 5.17 Å². The van der Waals surface area contributed by atoms with Crippen molar-refractivity contribution in [3.8, 4) is 0 Å². The van der Waals surface area contributed by atoms with Gasteiger partial charge in [-0.05, 0) is 24.7 Å². The normalized spacial score (nSPS) is 39.6. The van der Waals surface area contributed by atoms with E-state index in [1.54, 1.807) is 0 Å². The van der Waals surface area contributed by atoms with E-state index in [1.807, 2.05) is 11.8 Å². The van der Waals surface area contributed by atoms with Gasteiger partial charge in [0.2, 0.25) is 0 Å². The molecule has 1 saturated carbocycles. The molecule has 1 fully saturated rings. The second-order valence-electron chi connectivity index (χ2n) is 5.31. The quantitative estimate of drug-likeness (QED) is 0.801. The van der Waals surface area contributed by atoms with Crippen LogP contribution in [0.5, 0.6) is 0 Å². The molecule has 0 spiro atoms. The lowest BCUT2D eigenvalue weighted by molar-refractivity contribution is 0.225. The van der Waals surface area contributed by atoms with Crippen LogP contribution in [0.2, 0.25) is 0 Å². The summed E-state index contributed by atoms with van der Waals surface area (Å²) < 4.78 is 0. The Morgan fingerprint density at radius 2 is 2.19 bits per heavy atom. The van der Waals surface area contributed by atoms with Crippen LogP contribution in [0.15, 0.2) is 4.99 Å². The average Bonchev–Trinajstić information content (AvgIpc) is 2.73. The molecule has 4 unspecified atom stereocenters. The molecule has 2 rings (SSSR count). The van der Waals surface area contributed by atoms with Crippen LogP contribution in [0.1, 0.15) is 46.5 Å². The predicted molar refractivity (Wildman–Crippen MR) is 73.1 cm³/mol. The SMILES string of the molecule is CCC1CN=C(NC2CCCC(C)C2C)S1. The van der Waals surface area contributed by atoms with Gasteiger partial charge in [-0.25, -0.2) is 0 Å². The van der Waals surface area contributed by atoms with Gasteiger partial charge < -0.3 is 5.32 Å². The molecular weight excluding hydrogens is 216 g/mol. The maximum Gasteiger partial charge on any atom is 0.157 e. The molecule has 4 atom stereocenters. The van der Waals surface area contributed by atoms with Gasteiger partial charge in [-0.15, -0.1) is 0 Å². The van der Waals surface area contributed by atoms with E-state index in [9.17, 15) is 0 Å². The number of nitrogens with zero attached hydrogens (tertiary/aromatic N) is 1. The van der Waals surface area contributed by atoms with Crippen LogP contribution in [-0.4, -0.2) is 23.0 Å². The van der Waals surface area contributed by atoms with E-state index >= 15 is 0 Å². The Morgan fingerprint density at radius 1 is 1.38 bits per heavy atom. The minimum absolute atomic E-state index is 0.658. The first-order valence-electron chi connectivity index (χ1n) is 6.68. The summed E-state index contributed by atoms with van der Waals surface area (Å²) in [6.45, 7) is 8.04. The lowest BCUT2D eigenvalue weighted by atomic mass is 9.78. The predicted octanol–water partition coefficient (Wildman–Crippen LogP) is 3.28. The lowest BCUT2D eigenvalue weighted by Gasteiger charge is -2.35. The molecule has 16 heavy (non-hydrogen) atoms. The smallest absolute Gasteiger partial charge is 0.157 e. The van der Waals surface area contributed by atoms with Gasteiger partial charge in [0.1, 0.15) is 0 Å². The van der Waals surface area contributed by atoms with Gasteiger partial charge in [-0.2, -0.15) is 0 Å². The van der Waals surface area contributed by atoms with Crippen LogP contribution in [0.3, 0.4) is 0 Å². The summed E-state index contributed by atoms with van der Waals surface area (Å²) in [4.78, 5) is 4.61. The minimum atomic E-state index is 0.658. The molecule has 1 aliphatic heterocycles. The zero-order valence-electron chi connectivity index (χ0n) is 10.7. The largest absolute Gasteiger partial charge is 0.362 e. The van der Waals surface area contributed by atoms with Crippen LogP contribution in [0.4, 0.5) is 0 Å². The molecule has 1 heterocycles. The van der Waals surface area contributed by atoms with E-state index in [0.29, 0.717) is 6.04 Å². The van der Waals surface area contributed by atoms with Gasteiger partial charge in [0.05, 0.1) is 6.54 Å². The van der Waals surface area contributed by atoms with Crippen molar-refractivity contribution in [3.05, 3.63) is 0 Å². The first kappa shape index (κ1) is 12.3. The van der Waals surface area contributed by atoms with Crippen LogP contribution < -0.4 is 5.32 Å². The number of rotatable bonds is 2. The lowest BCUT2D eigenvalue weighted by Crippen LogP contribution is -2.42. The Kier molecular flexibility index (Phi) is 4.17. The topological polar surface area (TPSA) is 24.4 Å². The number of hydrogen-bond donors (Lipinski definition) is 1. The van der Waals surface area contributed by atoms with E-state index in [1.165, 1.54) is 30.9 Å². The highest BCUT2D eigenvalue weighted by atomic mass is 32.2. The zero-order valence-corrected chi connectivity index (χ0v) is 11.5. The molecule has 3 heteroatoms. The Labute approximate surface area is 104 Å². The second-order valence-corrected chi connectivity index (χ2v) is 6.60. The number of hydrogen-bond acceptors (Lipinski definition) is 3. The van der Waals surface area contributed by atoms with Gasteiger partial charge >= 0.3 is 0 Å². The Morgan fingerprint density at radius 3 is 2.88 bits per heavy atom. The zero-order chi connectivity index (χ0) is 11.5. The molecule has 0 aromatic carbocycles. The first-order chi connectivity index (χ1) is 7.70. The Balaban J connectivity index is 1.85. The van der Waals surface area contributed by atoms with Crippen LogP contribution in [0, 0.1) is 11.8 Å². The fourth-order valence-electron chi connectivity index (χ4n) is 2.65. The average molecular weight is 240 g/mol. The highest BCUT2D eigenvalue weighted by Crippen LogP contribution is 2.31. The van der Waals surface area contributed by atoms with Crippen molar-refractivity contribution in [1.29, 1.82) is 0 Å². The third-order valence-electron chi connectivity index (χ3n) is 4.19. The van der Waals surface area contributed by atoms with Gasteiger partial charge in [0.25, 0.3) is 0 Å². The van der Waals surface area contributed by atoms with Gasteiger partial charge in [-0.3, -0.25) is 4.99 Å². The van der Waals surface area contributed by atoms with E-state index < -0.39 is 0 Å². The monoisotopic (exact) mass is 240 g/mol. The van der Waals surface area contributed by atoms with E-state index in [0.717, 1.165) is 23.6 Å². The summed E-state index contributed by atoms with van der Waals surface area (Å²) in [7, 11) is 0. The van der Waals surface area contributed by atoms with Crippen molar-refractivity contribution in [2.24, 2.45) is 16.8 Å². The van der Waals surface area contributed by atoms with Gasteiger partial charge in [-0.1, -0.05) is 45.4 Å². The summed E-state index contributed by atoms with van der Waals surface area (Å²) in [5.74, 6) is 1.65. The number of nitrogens with one attached hydrogen (secondary N) is 1. The summed E-state index contributed by atoms with van der Waals surface area (Å²) >= 11 is 1.95. The molecule has 0 aromatic rings. The van der Waals surface area contributed by atoms with E-state index in [4.69, 9.17) is 0 Å². The molecule has 92 valence electrons. The number of amidine groups is 1. The molecule has 1 N–H and O–H groups in total. The molecule has 0 saturated heterocycles. The Hall–Kier alpha value is -0.180. The standard InChI is InChI=1S/C13H24N2S/c1-4-11-8-14-13(16-11)15-12-7-5-6-9(2)10(12)3/h9-12H,4-8H2,1-3H3,(H,14,15). The maximum absolute atomic E-state index is 4.61. The number of aliphatic imine (C=N–C) groups is 1. The van der Waals surface area contributed by atoms with E-state index in [2.05, 4.69) is 31.1 Å². The minimum Gasteiger partial charge on any atom is -0.362 e. The van der Waals surface area contributed by atoms with Crippen molar-refractivity contribution >= 4 is 16.9 Å². The molecule has 0 aromatic heterocycles. The van der Waals surface area contributed by atoms with E-state index in [-0.39, 0.29) is 0 Å². The molecule has 0 bridgehead atoms. The summed E-state index contributed by atoms with van der Waals surface area (Å²) in [5, 5.41) is 5.60. The molecule has 2 nitrogen and oxygen atoms in total. The molecule has 2 aliphatic rings. The van der Waals surface area contributed by atoms with Crippen molar-refractivity contribution in [2.75, 3.05) is 6.54 Å². The first-order valence-corrected chi connectivity index (χ1v) is 7.56.